The van der Waals surface area contributed by atoms with Crippen LogP contribution in [-0.4, -0.2) is 17.4 Å². The maximum absolute atomic E-state index is 11.9. The number of benzene rings is 1. The van der Waals surface area contributed by atoms with Gasteiger partial charge in [0.05, 0.1) is 11.8 Å². The fourth-order valence-corrected chi connectivity index (χ4v) is 2.50. The van der Waals surface area contributed by atoms with Gasteiger partial charge in [0.1, 0.15) is 0 Å². The van der Waals surface area contributed by atoms with Crippen molar-refractivity contribution in [3.63, 3.8) is 0 Å². The highest BCUT2D eigenvalue weighted by atomic mass is 32.2. The molecular formula is C15H20N2OS. The first-order chi connectivity index (χ1) is 9.22. The minimum atomic E-state index is 0.0125. The summed E-state index contributed by atoms with van der Waals surface area (Å²) in [5, 5.41) is 11.5. The van der Waals surface area contributed by atoms with E-state index in [1.165, 1.54) is 22.9 Å². The average Bonchev–Trinajstić information content (AvgIpc) is 2.43. The van der Waals surface area contributed by atoms with Gasteiger partial charge in [0.15, 0.2) is 0 Å². The van der Waals surface area contributed by atoms with Crippen LogP contribution in [0.3, 0.4) is 0 Å². The van der Waals surface area contributed by atoms with Gasteiger partial charge in [-0.3, -0.25) is 4.79 Å². The number of carbonyl (C=O) groups excluding carboxylic acids is 1. The summed E-state index contributed by atoms with van der Waals surface area (Å²) in [6.07, 6.45) is 2.31. The molecule has 0 aliphatic carbocycles. The fourth-order valence-electron chi connectivity index (χ4n) is 1.86. The Morgan fingerprint density at radius 2 is 1.95 bits per heavy atom. The SMILES string of the molecule is CCc1cccc(CC)c1NC(=O)CSCCC#N. The molecule has 1 aromatic rings. The van der Waals surface area contributed by atoms with Crippen LogP contribution in [0.1, 0.15) is 31.4 Å². The Labute approximate surface area is 119 Å². The van der Waals surface area contributed by atoms with Crippen molar-refractivity contribution in [2.75, 3.05) is 16.8 Å². The van der Waals surface area contributed by atoms with Gasteiger partial charge in [0, 0.05) is 17.9 Å². The van der Waals surface area contributed by atoms with Gasteiger partial charge >= 0.3 is 0 Å². The molecule has 102 valence electrons. The Balaban J connectivity index is 2.65. The van der Waals surface area contributed by atoms with Gasteiger partial charge in [0.2, 0.25) is 5.91 Å². The summed E-state index contributed by atoms with van der Waals surface area (Å²) in [5.41, 5.74) is 3.32. The van der Waals surface area contributed by atoms with E-state index in [4.69, 9.17) is 5.26 Å². The van der Waals surface area contributed by atoms with Crippen LogP contribution in [0.25, 0.3) is 0 Å². The molecule has 0 fully saturated rings. The largest absolute Gasteiger partial charge is 0.325 e. The third kappa shape index (κ3) is 4.96. The number of hydrogen-bond donors (Lipinski definition) is 1. The molecule has 0 aliphatic heterocycles. The Kier molecular flexibility index (Phi) is 7.06. The van der Waals surface area contributed by atoms with Crippen LogP contribution in [0, 0.1) is 11.3 Å². The van der Waals surface area contributed by atoms with Crippen LogP contribution in [0.5, 0.6) is 0 Å². The van der Waals surface area contributed by atoms with Gasteiger partial charge in [0.25, 0.3) is 0 Å². The number of nitrogens with one attached hydrogen (secondary N) is 1. The summed E-state index contributed by atoms with van der Waals surface area (Å²) >= 11 is 1.50. The summed E-state index contributed by atoms with van der Waals surface area (Å²) in [5.74, 6) is 1.13. The van der Waals surface area contributed by atoms with E-state index in [1.54, 1.807) is 0 Å². The first kappa shape index (κ1) is 15.6. The van der Waals surface area contributed by atoms with Crippen molar-refractivity contribution in [1.29, 1.82) is 5.26 Å². The second kappa shape index (κ2) is 8.60. The summed E-state index contributed by atoms with van der Waals surface area (Å²) in [6.45, 7) is 4.18. The Morgan fingerprint density at radius 3 is 2.47 bits per heavy atom. The zero-order valence-electron chi connectivity index (χ0n) is 11.5. The lowest BCUT2D eigenvalue weighted by atomic mass is 10.0. The first-order valence-corrected chi connectivity index (χ1v) is 7.73. The second-order valence-corrected chi connectivity index (χ2v) is 5.27. The standard InChI is InChI=1S/C15H20N2OS/c1-3-12-7-5-8-13(4-2)15(12)17-14(18)11-19-10-6-9-16/h5,7-8H,3-4,6,10-11H2,1-2H3,(H,17,18). The quantitative estimate of drug-likeness (QED) is 0.777. The third-order valence-corrected chi connectivity index (χ3v) is 3.81. The van der Waals surface area contributed by atoms with Crippen LogP contribution in [0.15, 0.2) is 18.2 Å². The summed E-state index contributed by atoms with van der Waals surface area (Å²) in [4.78, 5) is 11.9. The molecular weight excluding hydrogens is 256 g/mol. The highest BCUT2D eigenvalue weighted by Gasteiger charge is 2.09. The van der Waals surface area contributed by atoms with E-state index in [0.717, 1.165) is 18.5 Å². The van der Waals surface area contributed by atoms with Crippen molar-refractivity contribution in [3.05, 3.63) is 29.3 Å². The Bertz CT molecular complexity index is 443. The van der Waals surface area contributed by atoms with Gasteiger partial charge in [-0.2, -0.15) is 17.0 Å². The monoisotopic (exact) mass is 276 g/mol. The Hall–Kier alpha value is -1.47. The predicted molar refractivity (Wildman–Crippen MR) is 81.4 cm³/mol. The topological polar surface area (TPSA) is 52.9 Å². The van der Waals surface area contributed by atoms with Crippen molar-refractivity contribution in [1.82, 2.24) is 0 Å². The molecule has 1 N–H and O–H groups in total. The highest BCUT2D eigenvalue weighted by Crippen LogP contribution is 2.22. The van der Waals surface area contributed by atoms with Gasteiger partial charge in [-0.25, -0.2) is 0 Å². The molecule has 4 heteroatoms. The molecule has 0 aliphatic rings. The van der Waals surface area contributed by atoms with Gasteiger partial charge in [-0.1, -0.05) is 32.0 Å². The molecule has 0 radical (unpaired) electrons. The number of anilines is 1. The fraction of sp³-hybridized carbons (Fsp3) is 0.467. The molecule has 0 saturated heterocycles. The number of para-hydroxylation sites is 1. The first-order valence-electron chi connectivity index (χ1n) is 6.58. The minimum Gasteiger partial charge on any atom is -0.325 e. The third-order valence-electron chi connectivity index (χ3n) is 2.85. The number of rotatable bonds is 7. The maximum atomic E-state index is 11.9. The molecule has 0 heterocycles. The van der Waals surface area contributed by atoms with E-state index in [9.17, 15) is 4.79 Å². The van der Waals surface area contributed by atoms with Crippen LogP contribution >= 0.6 is 11.8 Å². The lowest BCUT2D eigenvalue weighted by Gasteiger charge is -2.14. The number of hydrogen-bond acceptors (Lipinski definition) is 3. The molecule has 1 amide bonds. The van der Waals surface area contributed by atoms with E-state index in [2.05, 4.69) is 37.4 Å². The molecule has 0 atom stereocenters. The molecule has 0 spiro atoms. The summed E-state index contributed by atoms with van der Waals surface area (Å²) in [6, 6.07) is 8.22. The minimum absolute atomic E-state index is 0.0125. The molecule has 1 rings (SSSR count). The van der Waals surface area contributed by atoms with Crippen molar-refractivity contribution >= 4 is 23.4 Å². The Morgan fingerprint density at radius 1 is 1.32 bits per heavy atom. The zero-order chi connectivity index (χ0) is 14.1. The number of nitrogens with zero attached hydrogens (tertiary/aromatic N) is 1. The van der Waals surface area contributed by atoms with Crippen molar-refractivity contribution < 1.29 is 4.79 Å². The molecule has 0 bridgehead atoms. The summed E-state index contributed by atoms with van der Waals surface area (Å²) < 4.78 is 0. The van der Waals surface area contributed by atoms with Gasteiger partial charge in [-0.15, -0.1) is 0 Å². The smallest absolute Gasteiger partial charge is 0.234 e. The lowest BCUT2D eigenvalue weighted by Crippen LogP contribution is -2.17. The van der Waals surface area contributed by atoms with E-state index >= 15 is 0 Å². The van der Waals surface area contributed by atoms with E-state index in [-0.39, 0.29) is 5.91 Å². The van der Waals surface area contributed by atoms with Crippen LogP contribution < -0.4 is 5.32 Å². The van der Waals surface area contributed by atoms with Crippen molar-refractivity contribution in [2.45, 2.75) is 33.1 Å². The molecule has 3 nitrogen and oxygen atoms in total. The molecule has 0 unspecified atom stereocenters. The average molecular weight is 276 g/mol. The van der Waals surface area contributed by atoms with Crippen molar-refractivity contribution in [3.8, 4) is 6.07 Å². The van der Waals surface area contributed by atoms with Crippen LogP contribution in [0.2, 0.25) is 0 Å². The summed E-state index contributed by atoms with van der Waals surface area (Å²) in [7, 11) is 0. The van der Waals surface area contributed by atoms with E-state index < -0.39 is 0 Å². The van der Waals surface area contributed by atoms with Gasteiger partial charge < -0.3 is 5.32 Å². The zero-order valence-corrected chi connectivity index (χ0v) is 12.3. The number of nitriles is 1. The van der Waals surface area contributed by atoms with Crippen LogP contribution in [0.4, 0.5) is 5.69 Å². The van der Waals surface area contributed by atoms with Crippen molar-refractivity contribution in [2.24, 2.45) is 0 Å². The molecule has 0 aromatic heterocycles. The van der Waals surface area contributed by atoms with Gasteiger partial charge in [-0.05, 0) is 24.0 Å². The number of carbonyl (C=O) groups is 1. The maximum Gasteiger partial charge on any atom is 0.234 e. The number of aryl methyl sites for hydroxylation is 2. The number of amides is 1. The van der Waals surface area contributed by atoms with Crippen LogP contribution in [-0.2, 0) is 17.6 Å². The normalized spacial score (nSPS) is 9.95. The van der Waals surface area contributed by atoms with E-state index in [1.807, 2.05) is 6.07 Å². The molecule has 1 aromatic carbocycles. The second-order valence-electron chi connectivity index (χ2n) is 4.17. The lowest BCUT2D eigenvalue weighted by molar-refractivity contribution is -0.113. The molecule has 19 heavy (non-hydrogen) atoms. The molecule has 0 saturated carbocycles. The van der Waals surface area contributed by atoms with E-state index in [0.29, 0.717) is 17.9 Å². The number of thioether (sulfide) groups is 1. The highest BCUT2D eigenvalue weighted by molar-refractivity contribution is 7.99. The predicted octanol–water partition coefficient (Wildman–Crippen LogP) is 3.40.